The zero-order valence-electron chi connectivity index (χ0n) is 11.4. The van der Waals surface area contributed by atoms with Gasteiger partial charge >= 0.3 is 5.97 Å². The zero-order valence-corrected chi connectivity index (χ0v) is 12.2. The maximum atomic E-state index is 10.8. The highest BCUT2D eigenvalue weighted by Crippen LogP contribution is 2.20. The van der Waals surface area contributed by atoms with E-state index in [0.29, 0.717) is 6.42 Å². The van der Waals surface area contributed by atoms with Gasteiger partial charge in [0, 0.05) is 6.04 Å². The summed E-state index contributed by atoms with van der Waals surface area (Å²) < 4.78 is 0. The van der Waals surface area contributed by atoms with Gasteiger partial charge in [0.25, 0.3) is 0 Å². The number of halogens is 1. The molecule has 0 fully saturated rings. The molecule has 0 aromatic heterocycles. The molecule has 112 valence electrons. The predicted molar refractivity (Wildman–Crippen MR) is 84.9 cm³/mol. The normalized spacial score (nSPS) is 11.5. The van der Waals surface area contributed by atoms with Gasteiger partial charge in [-0.25, -0.2) is 4.79 Å². The van der Waals surface area contributed by atoms with Crippen LogP contribution in [0, 0.1) is 0 Å². The molecule has 0 spiro atoms. The number of hydrogen-bond acceptors (Lipinski definition) is 3. The van der Waals surface area contributed by atoms with Crippen molar-refractivity contribution in [3.63, 3.8) is 0 Å². The molecule has 0 heterocycles. The molecule has 0 saturated carbocycles. The molecule has 2 aromatic rings. The van der Waals surface area contributed by atoms with Crippen molar-refractivity contribution in [2.75, 3.05) is 6.61 Å². The third-order valence-electron chi connectivity index (χ3n) is 3.15. The first-order chi connectivity index (χ1) is 9.60. The molecule has 0 aliphatic rings. The van der Waals surface area contributed by atoms with Gasteiger partial charge < -0.3 is 15.9 Å². The highest BCUT2D eigenvalue weighted by molar-refractivity contribution is 5.88. The minimum absolute atomic E-state index is 0. The van der Waals surface area contributed by atoms with Crippen molar-refractivity contribution >= 4 is 18.4 Å². The fourth-order valence-electron chi connectivity index (χ4n) is 2.01. The average molecular weight is 308 g/mol. The molecule has 0 radical (unpaired) electrons. The van der Waals surface area contributed by atoms with E-state index in [1.807, 2.05) is 24.3 Å². The second-order valence-corrected chi connectivity index (χ2v) is 4.73. The van der Waals surface area contributed by atoms with Gasteiger partial charge in [-0.3, -0.25) is 0 Å². The molecular formula is C16H18ClNO3. The Morgan fingerprint density at radius 2 is 1.48 bits per heavy atom. The largest absolute Gasteiger partial charge is 0.478 e. The molecule has 21 heavy (non-hydrogen) atoms. The smallest absolute Gasteiger partial charge is 0.335 e. The summed E-state index contributed by atoms with van der Waals surface area (Å²) in [4.78, 5) is 10.8. The van der Waals surface area contributed by atoms with Crippen LogP contribution in [0.4, 0.5) is 0 Å². The Bertz CT molecular complexity index is 581. The van der Waals surface area contributed by atoms with Crippen molar-refractivity contribution in [1.82, 2.24) is 0 Å². The second-order valence-electron chi connectivity index (χ2n) is 4.73. The van der Waals surface area contributed by atoms with Crippen LogP contribution >= 0.6 is 12.4 Å². The summed E-state index contributed by atoms with van der Waals surface area (Å²) in [5.74, 6) is -0.926. The maximum Gasteiger partial charge on any atom is 0.335 e. The van der Waals surface area contributed by atoms with Crippen molar-refractivity contribution in [2.45, 2.75) is 12.5 Å². The lowest BCUT2D eigenvalue weighted by molar-refractivity contribution is 0.0697. The molecule has 4 nitrogen and oxygen atoms in total. The number of carbonyl (C=O) groups is 1. The fraction of sp³-hybridized carbons (Fsp3) is 0.188. The summed E-state index contributed by atoms with van der Waals surface area (Å²) >= 11 is 0. The van der Waals surface area contributed by atoms with Crippen LogP contribution in [-0.2, 0) is 6.42 Å². The summed E-state index contributed by atoms with van der Waals surface area (Å²) in [5, 5.41) is 17.8. The average Bonchev–Trinajstić information content (AvgIpc) is 2.48. The maximum absolute atomic E-state index is 10.8. The Balaban J connectivity index is 0.00000220. The van der Waals surface area contributed by atoms with Gasteiger partial charge in [-0.15, -0.1) is 12.4 Å². The Morgan fingerprint density at radius 3 is 1.90 bits per heavy atom. The molecule has 0 saturated heterocycles. The quantitative estimate of drug-likeness (QED) is 0.791. The number of hydrogen-bond donors (Lipinski definition) is 3. The molecular weight excluding hydrogens is 290 g/mol. The number of rotatable bonds is 5. The number of aliphatic hydroxyl groups excluding tert-OH is 1. The van der Waals surface area contributed by atoms with Crippen LogP contribution in [0.2, 0.25) is 0 Å². The minimum Gasteiger partial charge on any atom is -0.478 e. The van der Waals surface area contributed by atoms with Crippen molar-refractivity contribution in [3.8, 4) is 11.1 Å². The highest BCUT2D eigenvalue weighted by atomic mass is 35.5. The van der Waals surface area contributed by atoms with E-state index >= 15 is 0 Å². The molecule has 4 N–H and O–H groups in total. The number of nitrogens with two attached hydrogens (primary N) is 1. The van der Waals surface area contributed by atoms with Crippen LogP contribution < -0.4 is 5.73 Å². The van der Waals surface area contributed by atoms with Crippen molar-refractivity contribution < 1.29 is 15.0 Å². The van der Waals surface area contributed by atoms with E-state index in [4.69, 9.17) is 15.9 Å². The Morgan fingerprint density at radius 1 is 1.00 bits per heavy atom. The van der Waals surface area contributed by atoms with E-state index in [9.17, 15) is 4.79 Å². The van der Waals surface area contributed by atoms with E-state index in [-0.39, 0.29) is 30.6 Å². The lowest BCUT2D eigenvalue weighted by atomic mass is 10.0. The predicted octanol–water partition coefficient (Wildman–Crippen LogP) is 2.34. The first-order valence-corrected chi connectivity index (χ1v) is 6.39. The summed E-state index contributed by atoms with van der Waals surface area (Å²) in [7, 11) is 0. The van der Waals surface area contributed by atoms with Crippen LogP contribution in [0.15, 0.2) is 48.5 Å². The van der Waals surface area contributed by atoms with Crippen LogP contribution in [0.1, 0.15) is 15.9 Å². The monoisotopic (exact) mass is 307 g/mol. The van der Waals surface area contributed by atoms with E-state index in [1.54, 1.807) is 24.3 Å². The van der Waals surface area contributed by atoms with Crippen molar-refractivity contribution in [2.24, 2.45) is 5.73 Å². The Labute approximate surface area is 129 Å². The van der Waals surface area contributed by atoms with Crippen LogP contribution in [0.25, 0.3) is 11.1 Å². The minimum atomic E-state index is -0.926. The third-order valence-corrected chi connectivity index (χ3v) is 3.15. The molecule has 1 unspecified atom stereocenters. The molecule has 0 bridgehead atoms. The number of aliphatic hydroxyl groups is 1. The molecule has 1 atom stereocenters. The SMILES string of the molecule is Cl.NC(CO)Cc1ccc(-c2ccc(C(=O)O)cc2)cc1. The van der Waals surface area contributed by atoms with Gasteiger partial charge in [0.15, 0.2) is 0 Å². The van der Waals surface area contributed by atoms with Gasteiger partial charge in [0.2, 0.25) is 0 Å². The lowest BCUT2D eigenvalue weighted by Gasteiger charge is -2.09. The van der Waals surface area contributed by atoms with E-state index in [0.717, 1.165) is 16.7 Å². The Kier molecular flexibility index (Phi) is 6.37. The zero-order chi connectivity index (χ0) is 14.5. The first-order valence-electron chi connectivity index (χ1n) is 6.39. The summed E-state index contributed by atoms with van der Waals surface area (Å²) in [5.41, 5.74) is 9.02. The van der Waals surface area contributed by atoms with E-state index < -0.39 is 5.97 Å². The van der Waals surface area contributed by atoms with Crippen LogP contribution in [0.5, 0.6) is 0 Å². The van der Waals surface area contributed by atoms with Gasteiger partial charge in [-0.2, -0.15) is 0 Å². The molecule has 5 heteroatoms. The Hall–Kier alpha value is -1.88. The van der Waals surface area contributed by atoms with Crippen LogP contribution in [0.3, 0.4) is 0 Å². The number of carboxylic acids is 1. The number of benzene rings is 2. The summed E-state index contributed by atoms with van der Waals surface area (Å²) in [6.07, 6.45) is 0.634. The third kappa shape index (κ3) is 4.56. The molecule has 2 rings (SSSR count). The van der Waals surface area contributed by atoms with E-state index in [2.05, 4.69) is 0 Å². The second kappa shape index (κ2) is 7.78. The standard InChI is InChI=1S/C16H17NO3.ClH/c17-15(10-18)9-11-1-3-12(4-2-11)13-5-7-14(8-6-13)16(19)20;/h1-8,15,18H,9-10,17H2,(H,19,20);1H. The highest BCUT2D eigenvalue weighted by Gasteiger charge is 2.05. The summed E-state index contributed by atoms with van der Waals surface area (Å²) in [6, 6.07) is 14.4. The van der Waals surface area contributed by atoms with Gasteiger partial charge in [0.1, 0.15) is 0 Å². The van der Waals surface area contributed by atoms with Gasteiger partial charge in [-0.1, -0.05) is 36.4 Å². The molecule has 2 aromatic carbocycles. The number of carboxylic acid groups (broad SMARTS) is 1. The first kappa shape index (κ1) is 17.2. The lowest BCUT2D eigenvalue weighted by Crippen LogP contribution is -2.26. The molecule has 0 aliphatic heterocycles. The molecule has 0 aliphatic carbocycles. The van der Waals surface area contributed by atoms with Crippen molar-refractivity contribution in [3.05, 3.63) is 59.7 Å². The van der Waals surface area contributed by atoms with Gasteiger partial charge in [0.05, 0.1) is 12.2 Å². The number of aromatic carboxylic acids is 1. The van der Waals surface area contributed by atoms with E-state index in [1.165, 1.54) is 0 Å². The summed E-state index contributed by atoms with van der Waals surface area (Å²) in [6.45, 7) is -0.0294. The van der Waals surface area contributed by atoms with Crippen LogP contribution in [-0.4, -0.2) is 28.8 Å². The molecule has 0 amide bonds. The topological polar surface area (TPSA) is 83.5 Å². The fourth-order valence-corrected chi connectivity index (χ4v) is 2.01. The van der Waals surface area contributed by atoms with Gasteiger partial charge in [-0.05, 0) is 35.2 Å². The van der Waals surface area contributed by atoms with Crippen molar-refractivity contribution in [1.29, 1.82) is 0 Å².